The van der Waals surface area contributed by atoms with Gasteiger partial charge in [-0.25, -0.2) is 0 Å². The van der Waals surface area contributed by atoms with E-state index in [1.54, 1.807) is 0 Å². The topological polar surface area (TPSA) is 23.6 Å². The molecule has 1 heterocycles. The van der Waals surface area contributed by atoms with E-state index in [0.717, 1.165) is 26.1 Å². The molecular formula is C17H26N2O. The van der Waals surface area contributed by atoms with Crippen LogP contribution in [-0.4, -0.2) is 48.4 Å². The van der Waals surface area contributed by atoms with Gasteiger partial charge in [0.15, 0.2) is 0 Å². The standard InChI is InChI=1S/C15H20N2O.C2H6/c1-3-15(18)17-10-9-16(2)14(12-17)11-13-7-5-4-6-8-13;1-2/h3-8,14H,1,9-12H2,2H3;1-2H3. The summed E-state index contributed by atoms with van der Waals surface area (Å²) in [6, 6.07) is 10.8. The van der Waals surface area contributed by atoms with Crippen LogP contribution in [0.4, 0.5) is 0 Å². The summed E-state index contributed by atoms with van der Waals surface area (Å²) in [7, 11) is 2.13. The van der Waals surface area contributed by atoms with Gasteiger partial charge in [-0.2, -0.15) is 0 Å². The summed E-state index contributed by atoms with van der Waals surface area (Å²) in [5.74, 6) is 0.0427. The fourth-order valence-electron chi connectivity index (χ4n) is 2.38. The Labute approximate surface area is 122 Å². The molecule has 2 rings (SSSR count). The molecule has 0 aliphatic carbocycles. The van der Waals surface area contributed by atoms with Crippen LogP contribution in [0.15, 0.2) is 43.0 Å². The van der Waals surface area contributed by atoms with Crippen LogP contribution >= 0.6 is 0 Å². The Bertz CT molecular complexity index is 416. The molecule has 0 bridgehead atoms. The molecule has 3 heteroatoms. The number of hydrogen-bond donors (Lipinski definition) is 0. The van der Waals surface area contributed by atoms with Crippen molar-refractivity contribution in [3.63, 3.8) is 0 Å². The van der Waals surface area contributed by atoms with E-state index in [4.69, 9.17) is 0 Å². The maximum atomic E-state index is 11.7. The quantitative estimate of drug-likeness (QED) is 0.791. The number of carbonyl (C=O) groups excluding carboxylic acids is 1. The van der Waals surface area contributed by atoms with Gasteiger partial charge < -0.3 is 4.90 Å². The summed E-state index contributed by atoms with van der Waals surface area (Å²) in [6.45, 7) is 10.1. The second kappa shape index (κ2) is 8.54. The average Bonchev–Trinajstić information content (AvgIpc) is 2.52. The van der Waals surface area contributed by atoms with Gasteiger partial charge in [-0.1, -0.05) is 50.8 Å². The minimum Gasteiger partial charge on any atom is -0.336 e. The van der Waals surface area contributed by atoms with E-state index < -0.39 is 0 Å². The van der Waals surface area contributed by atoms with E-state index in [9.17, 15) is 4.79 Å². The summed E-state index contributed by atoms with van der Waals surface area (Å²) >= 11 is 0. The lowest BCUT2D eigenvalue weighted by molar-refractivity contribution is -0.128. The molecule has 0 aromatic heterocycles. The largest absolute Gasteiger partial charge is 0.336 e. The molecule has 110 valence electrons. The molecule has 0 radical (unpaired) electrons. The van der Waals surface area contributed by atoms with Crippen molar-refractivity contribution in [1.82, 2.24) is 9.80 Å². The molecule has 1 aromatic carbocycles. The third-order valence-electron chi connectivity index (χ3n) is 3.58. The summed E-state index contributed by atoms with van der Waals surface area (Å²) in [5.41, 5.74) is 1.32. The lowest BCUT2D eigenvalue weighted by Crippen LogP contribution is -2.53. The van der Waals surface area contributed by atoms with Crippen LogP contribution in [-0.2, 0) is 11.2 Å². The van der Waals surface area contributed by atoms with Crippen LogP contribution in [0.5, 0.6) is 0 Å². The smallest absolute Gasteiger partial charge is 0.246 e. The molecule has 0 saturated carbocycles. The zero-order valence-electron chi connectivity index (χ0n) is 12.9. The SMILES string of the molecule is C=CC(=O)N1CCN(C)C(Cc2ccccc2)C1.CC. The lowest BCUT2D eigenvalue weighted by Gasteiger charge is -2.39. The van der Waals surface area contributed by atoms with Gasteiger partial charge in [-0.3, -0.25) is 9.69 Å². The van der Waals surface area contributed by atoms with E-state index in [1.807, 2.05) is 24.8 Å². The minimum atomic E-state index is 0.0427. The number of nitrogens with zero attached hydrogens (tertiary/aromatic N) is 2. The van der Waals surface area contributed by atoms with Gasteiger partial charge >= 0.3 is 0 Å². The van der Waals surface area contributed by atoms with Gasteiger partial charge in [0, 0.05) is 25.7 Å². The Kier molecular flexibility index (Phi) is 7.02. The summed E-state index contributed by atoms with van der Waals surface area (Å²) in [6.07, 6.45) is 2.39. The van der Waals surface area contributed by atoms with Crippen molar-refractivity contribution >= 4 is 5.91 Å². The monoisotopic (exact) mass is 274 g/mol. The molecule has 1 unspecified atom stereocenters. The van der Waals surface area contributed by atoms with Gasteiger partial charge in [0.05, 0.1) is 0 Å². The van der Waals surface area contributed by atoms with E-state index in [-0.39, 0.29) is 5.91 Å². The van der Waals surface area contributed by atoms with Crippen molar-refractivity contribution in [3.8, 4) is 0 Å². The molecule has 0 spiro atoms. The Balaban J connectivity index is 0.000000956. The Morgan fingerprint density at radius 1 is 1.30 bits per heavy atom. The molecular weight excluding hydrogens is 248 g/mol. The van der Waals surface area contributed by atoms with Crippen molar-refractivity contribution in [1.29, 1.82) is 0 Å². The highest BCUT2D eigenvalue weighted by Gasteiger charge is 2.26. The Morgan fingerprint density at radius 3 is 2.55 bits per heavy atom. The Hall–Kier alpha value is -1.61. The van der Waals surface area contributed by atoms with E-state index in [0.29, 0.717) is 6.04 Å². The first-order chi connectivity index (χ1) is 9.70. The maximum absolute atomic E-state index is 11.7. The molecule has 1 aliphatic heterocycles. The number of piperazine rings is 1. The van der Waals surface area contributed by atoms with Gasteiger partial charge in [-0.05, 0) is 25.1 Å². The number of carbonyl (C=O) groups is 1. The van der Waals surface area contributed by atoms with Gasteiger partial charge in [0.1, 0.15) is 0 Å². The summed E-state index contributed by atoms with van der Waals surface area (Å²) in [4.78, 5) is 15.9. The first kappa shape index (κ1) is 16.4. The molecule has 1 atom stereocenters. The molecule has 1 aliphatic rings. The van der Waals surface area contributed by atoms with Gasteiger partial charge in [-0.15, -0.1) is 0 Å². The van der Waals surface area contributed by atoms with Crippen LogP contribution in [0.1, 0.15) is 19.4 Å². The number of rotatable bonds is 3. The summed E-state index contributed by atoms with van der Waals surface area (Å²) in [5, 5.41) is 0. The molecule has 1 saturated heterocycles. The van der Waals surface area contributed by atoms with Crippen LogP contribution < -0.4 is 0 Å². The predicted octanol–water partition coefficient (Wildman–Crippen LogP) is 2.58. The first-order valence-corrected chi connectivity index (χ1v) is 7.36. The molecule has 1 amide bonds. The molecule has 1 fully saturated rings. The number of hydrogen-bond acceptors (Lipinski definition) is 2. The normalized spacial score (nSPS) is 18.9. The molecule has 0 N–H and O–H groups in total. The van der Waals surface area contributed by atoms with Crippen LogP contribution in [0.2, 0.25) is 0 Å². The maximum Gasteiger partial charge on any atom is 0.246 e. The van der Waals surface area contributed by atoms with Crippen molar-refractivity contribution in [3.05, 3.63) is 48.6 Å². The number of amides is 1. The number of likely N-dealkylation sites (N-methyl/N-ethyl adjacent to an activating group) is 1. The zero-order valence-corrected chi connectivity index (χ0v) is 12.9. The third-order valence-corrected chi connectivity index (χ3v) is 3.58. The van der Waals surface area contributed by atoms with E-state index in [2.05, 4.69) is 42.8 Å². The van der Waals surface area contributed by atoms with E-state index >= 15 is 0 Å². The molecule has 20 heavy (non-hydrogen) atoms. The van der Waals surface area contributed by atoms with Gasteiger partial charge in [0.2, 0.25) is 5.91 Å². The first-order valence-electron chi connectivity index (χ1n) is 7.36. The highest BCUT2D eigenvalue weighted by Crippen LogP contribution is 2.13. The molecule has 1 aromatic rings. The van der Waals surface area contributed by atoms with Crippen LogP contribution in [0, 0.1) is 0 Å². The van der Waals surface area contributed by atoms with Gasteiger partial charge in [0.25, 0.3) is 0 Å². The third kappa shape index (κ3) is 4.49. The van der Waals surface area contributed by atoms with E-state index in [1.165, 1.54) is 11.6 Å². The van der Waals surface area contributed by atoms with Crippen LogP contribution in [0.3, 0.4) is 0 Å². The number of benzene rings is 1. The summed E-state index contributed by atoms with van der Waals surface area (Å²) < 4.78 is 0. The van der Waals surface area contributed by atoms with Crippen molar-refractivity contribution in [2.24, 2.45) is 0 Å². The van der Waals surface area contributed by atoms with Crippen molar-refractivity contribution in [2.45, 2.75) is 26.3 Å². The van der Waals surface area contributed by atoms with Crippen LogP contribution in [0.25, 0.3) is 0 Å². The van der Waals surface area contributed by atoms with Crippen molar-refractivity contribution < 1.29 is 4.79 Å². The zero-order chi connectivity index (χ0) is 15.0. The fourth-order valence-corrected chi connectivity index (χ4v) is 2.38. The fraction of sp³-hybridized carbons (Fsp3) is 0.471. The highest BCUT2D eigenvalue weighted by molar-refractivity contribution is 5.87. The second-order valence-corrected chi connectivity index (χ2v) is 4.81. The highest BCUT2D eigenvalue weighted by atomic mass is 16.2. The lowest BCUT2D eigenvalue weighted by atomic mass is 10.0. The van der Waals surface area contributed by atoms with Crippen molar-refractivity contribution in [2.75, 3.05) is 26.7 Å². The Morgan fingerprint density at radius 2 is 1.95 bits per heavy atom. The molecule has 3 nitrogen and oxygen atoms in total. The minimum absolute atomic E-state index is 0.0427. The second-order valence-electron chi connectivity index (χ2n) is 4.81. The predicted molar refractivity (Wildman–Crippen MR) is 84.7 cm³/mol. The average molecular weight is 274 g/mol.